The summed E-state index contributed by atoms with van der Waals surface area (Å²) < 4.78 is 0. The van der Waals surface area contributed by atoms with Crippen molar-refractivity contribution in [2.45, 2.75) is 18.0 Å². The van der Waals surface area contributed by atoms with Crippen LogP contribution in [0.15, 0.2) is 79.0 Å². The minimum Gasteiger partial charge on any atom is -0.357 e. The van der Waals surface area contributed by atoms with Gasteiger partial charge in [0.25, 0.3) is 0 Å². The number of fused-ring (bicyclic) bond motifs is 3. The molecule has 0 bridgehead atoms. The van der Waals surface area contributed by atoms with Crippen LogP contribution >= 0.6 is 23.2 Å². The summed E-state index contributed by atoms with van der Waals surface area (Å²) in [4.78, 5) is 15.8. The SMILES string of the molecule is N#CC1(C#N)C(c2ccc(Cl)cc2Cl)C(C(=O)c2ccccc2)N2C=Cc3ccccc3C21. The molecule has 160 valence electrons. The van der Waals surface area contributed by atoms with E-state index in [-0.39, 0.29) is 5.78 Å². The number of rotatable bonds is 3. The number of nitrogens with zero attached hydrogens (tertiary/aromatic N) is 3. The van der Waals surface area contributed by atoms with Crippen LogP contribution in [0, 0.1) is 28.1 Å². The van der Waals surface area contributed by atoms with Gasteiger partial charge in [0.05, 0.1) is 18.2 Å². The van der Waals surface area contributed by atoms with Crippen molar-refractivity contribution in [3.05, 3.63) is 111 Å². The molecule has 0 amide bonds. The fourth-order valence-corrected chi connectivity index (χ4v) is 5.69. The van der Waals surface area contributed by atoms with Crippen LogP contribution in [0.2, 0.25) is 10.0 Å². The van der Waals surface area contributed by atoms with Crippen molar-refractivity contribution in [3.63, 3.8) is 0 Å². The molecule has 2 aliphatic rings. The number of nitriles is 2. The van der Waals surface area contributed by atoms with Gasteiger partial charge in [-0.1, -0.05) is 83.9 Å². The Kier molecular flexibility index (Phi) is 5.22. The second kappa shape index (κ2) is 8.09. The van der Waals surface area contributed by atoms with Gasteiger partial charge in [-0.25, -0.2) is 0 Å². The van der Waals surface area contributed by atoms with Crippen LogP contribution in [-0.2, 0) is 0 Å². The Hall–Kier alpha value is -3.57. The molecule has 0 aliphatic carbocycles. The molecule has 0 saturated carbocycles. The number of Topliss-reactive ketones (excluding diaryl/α,β-unsaturated/α-hetero) is 1. The minimum absolute atomic E-state index is 0.173. The summed E-state index contributed by atoms with van der Waals surface area (Å²) in [5.41, 5.74) is 1.26. The third-order valence-electron chi connectivity index (χ3n) is 6.57. The highest BCUT2D eigenvalue weighted by molar-refractivity contribution is 6.35. The van der Waals surface area contributed by atoms with Crippen LogP contribution in [0.3, 0.4) is 0 Å². The number of benzene rings is 3. The van der Waals surface area contributed by atoms with E-state index in [1.54, 1.807) is 42.5 Å². The topological polar surface area (TPSA) is 67.9 Å². The standard InChI is InChI=1S/C27H17Cl2N3O/c28-19-10-11-21(22(29)14-19)23-24(25(33)18-7-2-1-3-8-18)32-13-12-17-6-4-5-9-20(17)26(32)27(23,15-30)16-31/h1-14,23-24,26H. The van der Waals surface area contributed by atoms with E-state index in [9.17, 15) is 15.3 Å². The van der Waals surface area contributed by atoms with E-state index in [1.165, 1.54) is 0 Å². The molecule has 33 heavy (non-hydrogen) atoms. The number of hydrogen-bond acceptors (Lipinski definition) is 4. The molecule has 3 atom stereocenters. The van der Waals surface area contributed by atoms with E-state index in [2.05, 4.69) is 12.1 Å². The lowest BCUT2D eigenvalue weighted by Gasteiger charge is -2.34. The summed E-state index contributed by atoms with van der Waals surface area (Å²) in [6.45, 7) is 0. The smallest absolute Gasteiger partial charge is 0.185 e. The van der Waals surface area contributed by atoms with E-state index in [0.717, 1.165) is 11.1 Å². The minimum atomic E-state index is -1.56. The molecule has 4 nitrogen and oxygen atoms in total. The molecule has 2 aliphatic heterocycles. The number of hydrogen-bond donors (Lipinski definition) is 0. The highest BCUT2D eigenvalue weighted by atomic mass is 35.5. The van der Waals surface area contributed by atoms with Crippen molar-refractivity contribution in [3.8, 4) is 12.1 Å². The lowest BCUT2D eigenvalue weighted by atomic mass is 9.67. The number of ketones is 1. The normalized spacial score (nSPS) is 22.1. The summed E-state index contributed by atoms with van der Waals surface area (Å²) in [6, 6.07) is 24.7. The molecule has 3 unspecified atom stereocenters. The van der Waals surface area contributed by atoms with E-state index in [4.69, 9.17) is 23.2 Å². The number of carbonyl (C=O) groups excluding carboxylic acids is 1. The maximum Gasteiger partial charge on any atom is 0.185 e. The summed E-state index contributed by atoms with van der Waals surface area (Å²) in [5, 5.41) is 21.8. The van der Waals surface area contributed by atoms with Crippen LogP contribution in [0.4, 0.5) is 0 Å². The van der Waals surface area contributed by atoms with Crippen LogP contribution in [0.5, 0.6) is 0 Å². The fourth-order valence-electron chi connectivity index (χ4n) is 5.17. The molecule has 0 N–H and O–H groups in total. The molecule has 2 heterocycles. The maximum absolute atomic E-state index is 13.9. The van der Waals surface area contributed by atoms with Crippen LogP contribution < -0.4 is 0 Å². The van der Waals surface area contributed by atoms with Crippen LogP contribution in [0.25, 0.3) is 6.08 Å². The number of carbonyl (C=O) groups is 1. The monoisotopic (exact) mass is 469 g/mol. The predicted molar refractivity (Wildman–Crippen MR) is 127 cm³/mol. The van der Waals surface area contributed by atoms with Gasteiger partial charge in [0, 0.05) is 27.7 Å². The summed E-state index contributed by atoms with van der Waals surface area (Å²) >= 11 is 12.8. The molecule has 3 aromatic carbocycles. The lowest BCUT2D eigenvalue weighted by Crippen LogP contribution is -2.37. The van der Waals surface area contributed by atoms with Crippen LogP contribution in [-0.4, -0.2) is 16.7 Å². The Labute approximate surface area is 201 Å². The Morgan fingerprint density at radius 1 is 0.909 bits per heavy atom. The van der Waals surface area contributed by atoms with Gasteiger partial charge in [0.2, 0.25) is 0 Å². The van der Waals surface area contributed by atoms with Crippen molar-refractivity contribution in [1.29, 1.82) is 10.5 Å². The first-order chi connectivity index (χ1) is 16.0. The van der Waals surface area contributed by atoms with Gasteiger partial charge < -0.3 is 4.90 Å². The zero-order chi connectivity index (χ0) is 23.2. The summed E-state index contributed by atoms with van der Waals surface area (Å²) in [7, 11) is 0. The fraction of sp³-hybridized carbons (Fsp3) is 0.148. The van der Waals surface area contributed by atoms with Crippen LogP contribution in [0.1, 0.15) is 39.0 Å². The Morgan fingerprint density at radius 2 is 1.61 bits per heavy atom. The Balaban J connectivity index is 1.80. The molecule has 0 spiro atoms. The molecule has 3 aromatic rings. The van der Waals surface area contributed by atoms with Crippen molar-refractivity contribution < 1.29 is 4.79 Å². The molecule has 1 saturated heterocycles. The molecule has 0 radical (unpaired) electrons. The Morgan fingerprint density at radius 3 is 2.30 bits per heavy atom. The van der Waals surface area contributed by atoms with Gasteiger partial charge in [-0.2, -0.15) is 10.5 Å². The van der Waals surface area contributed by atoms with Gasteiger partial charge in [0.1, 0.15) is 6.04 Å². The largest absolute Gasteiger partial charge is 0.357 e. The van der Waals surface area contributed by atoms with Gasteiger partial charge in [-0.15, -0.1) is 0 Å². The number of halogens is 2. The van der Waals surface area contributed by atoms with Crippen molar-refractivity contribution >= 4 is 35.1 Å². The van der Waals surface area contributed by atoms with Crippen molar-refractivity contribution in [2.24, 2.45) is 5.41 Å². The highest BCUT2D eigenvalue weighted by Gasteiger charge is 2.64. The van der Waals surface area contributed by atoms with Gasteiger partial charge in [0.15, 0.2) is 11.2 Å². The quantitative estimate of drug-likeness (QED) is 0.415. The van der Waals surface area contributed by atoms with Gasteiger partial charge in [-0.05, 0) is 34.9 Å². The first-order valence-corrected chi connectivity index (χ1v) is 11.2. The third-order valence-corrected chi connectivity index (χ3v) is 7.13. The molecule has 6 heteroatoms. The highest BCUT2D eigenvalue weighted by Crippen LogP contribution is 2.60. The average Bonchev–Trinajstić information content (AvgIpc) is 3.15. The predicted octanol–water partition coefficient (Wildman–Crippen LogP) is 6.40. The van der Waals surface area contributed by atoms with E-state index < -0.39 is 23.4 Å². The van der Waals surface area contributed by atoms with Crippen molar-refractivity contribution in [1.82, 2.24) is 4.90 Å². The summed E-state index contributed by atoms with van der Waals surface area (Å²) in [5.74, 6) is -0.973. The molecule has 0 aromatic heterocycles. The van der Waals surface area contributed by atoms with E-state index in [0.29, 0.717) is 21.2 Å². The molecule has 1 fully saturated rings. The zero-order valence-electron chi connectivity index (χ0n) is 17.3. The molecule has 5 rings (SSSR count). The lowest BCUT2D eigenvalue weighted by molar-refractivity contribution is 0.0875. The third kappa shape index (κ3) is 3.15. The second-order valence-corrected chi connectivity index (χ2v) is 9.05. The second-order valence-electron chi connectivity index (χ2n) is 8.21. The van der Waals surface area contributed by atoms with Gasteiger partial charge >= 0.3 is 0 Å². The first-order valence-electron chi connectivity index (χ1n) is 10.4. The maximum atomic E-state index is 13.9. The summed E-state index contributed by atoms with van der Waals surface area (Å²) in [6.07, 6.45) is 3.74. The molecular weight excluding hydrogens is 453 g/mol. The first kappa shape index (κ1) is 21.3. The molecular formula is C27H17Cl2N3O. The van der Waals surface area contributed by atoms with Crippen molar-refractivity contribution in [2.75, 3.05) is 0 Å². The van der Waals surface area contributed by atoms with Gasteiger partial charge in [-0.3, -0.25) is 4.79 Å². The zero-order valence-corrected chi connectivity index (χ0v) is 18.8. The van der Waals surface area contributed by atoms with E-state index in [1.807, 2.05) is 47.5 Å². The average molecular weight is 470 g/mol. The van der Waals surface area contributed by atoms with E-state index >= 15 is 0 Å². The Bertz CT molecular complexity index is 1360.